The lowest BCUT2D eigenvalue weighted by Crippen LogP contribution is -2.55. The van der Waals surface area contributed by atoms with Crippen molar-refractivity contribution in [3.8, 4) is 23.3 Å². The van der Waals surface area contributed by atoms with E-state index in [1.807, 2.05) is 48.2 Å². The Balaban J connectivity index is 1.23. The predicted molar refractivity (Wildman–Crippen MR) is 178 cm³/mol. The molecule has 0 N–H and O–H groups in total. The Kier molecular flexibility index (Phi) is 9.15. The number of amides is 1. The van der Waals surface area contributed by atoms with E-state index >= 15 is 4.39 Å². The van der Waals surface area contributed by atoms with Crippen molar-refractivity contribution in [2.24, 2.45) is 0 Å². The molecule has 7 rings (SSSR count). The summed E-state index contributed by atoms with van der Waals surface area (Å²) < 4.78 is 41.3. The smallest absolute Gasteiger partial charge is 0.319 e. The van der Waals surface area contributed by atoms with Crippen molar-refractivity contribution in [1.29, 1.82) is 5.26 Å². The summed E-state index contributed by atoms with van der Waals surface area (Å²) in [6, 6.07) is 13.9. The molecule has 2 aromatic heterocycles. The summed E-state index contributed by atoms with van der Waals surface area (Å²) in [5.41, 5.74) is 1.94. The van der Waals surface area contributed by atoms with Gasteiger partial charge in [0, 0.05) is 56.6 Å². The minimum absolute atomic E-state index is 0.0511. The van der Waals surface area contributed by atoms with Gasteiger partial charge in [-0.2, -0.15) is 15.2 Å². The number of nitriles is 1. The number of piperazine rings is 1. The quantitative estimate of drug-likeness (QED) is 0.173. The Morgan fingerprint density at radius 1 is 1.19 bits per heavy atom. The molecule has 2 aromatic carbocycles. The molecule has 10 nitrogen and oxygen atoms in total. The van der Waals surface area contributed by atoms with E-state index in [1.165, 1.54) is 6.08 Å². The number of carbonyl (C=O) groups excluding carboxylic acids is 1. The van der Waals surface area contributed by atoms with Crippen LogP contribution in [-0.2, 0) is 9.53 Å². The largest absolute Gasteiger partial charge is 0.463 e. The van der Waals surface area contributed by atoms with Crippen LogP contribution in [0.5, 0.6) is 6.01 Å². The van der Waals surface area contributed by atoms with Crippen molar-refractivity contribution in [2.75, 3.05) is 57.5 Å². The van der Waals surface area contributed by atoms with Gasteiger partial charge in [0.05, 0.1) is 43.2 Å². The first-order valence-corrected chi connectivity index (χ1v) is 16.4. The van der Waals surface area contributed by atoms with E-state index in [0.29, 0.717) is 42.1 Å². The molecule has 3 saturated heterocycles. The molecule has 4 aromatic rings. The summed E-state index contributed by atoms with van der Waals surface area (Å²) in [7, 11) is 0. The number of fused-ring (bicyclic) bond motifs is 4. The second-order valence-electron chi connectivity index (χ2n) is 12.6. The SMILES string of the molecule is Cc1cccc2cccc(-c3ncc4c(N5CCN(C(=O)/C=C/CF)[C@@H](CC#N)C5)nc(OCCCN5C[C@@H]6C[C@H]5CO6)nc4c3F)c12. The number of benzene rings is 2. The van der Waals surface area contributed by atoms with Gasteiger partial charge >= 0.3 is 6.01 Å². The Morgan fingerprint density at radius 3 is 2.81 bits per heavy atom. The number of likely N-dealkylation sites (tertiary alicyclic amines) is 1. The minimum atomic E-state index is -0.753. The molecule has 0 radical (unpaired) electrons. The van der Waals surface area contributed by atoms with Crippen LogP contribution in [-0.4, -0.2) is 101 Å². The number of allylic oxidation sites excluding steroid dienone is 1. The molecule has 0 saturated carbocycles. The number of halogens is 2. The number of nitrogens with zero attached hydrogens (tertiary/aromatic N) is 7. The standard InChI is InChI=1S/C36H37F2N7O3/c1-23-6-2-7-24-8-3-9-28(31(23)24)33-32(38)34-29(19-40-33)35(44-15-16-45(25(20-44)11-13-39)30(46)10-4-12-37)42-36(41-34)47-17-5-14-43-21-27-18-26(43)22-48-27/h2-4,6-10,19,25-27H,5,11-12,14-18,20-22H2,1H3/b10-4+/t25-,26-,27-/m0/s1. The third-order valence-corrected chi connectivity index (χ3v) is 9.59. The van der Waals surface area contributed by atoms with Crippen LogP contribution >= 0.6 is 0 Å². The number of hydrogen-bond donors (Lipinski definition) is 0. The monoisotopic (exact) mass is 653 g/mol. The fraction of sp³-hybridized carbons (Fsp3) is 0.417. The molecule has 0 unspecified atom stereocenters. The molecular weight excluding hydrogens is 616 g/mol. The Morgan fingerprint density at radius 2 is 2.04 bits per heavy atom. The van der Waals surface area contributed by atoms with E-state index in [1.54, 1.807) is 11.1 Å². The van der Waals surface area contributed by atoms with E-state index < -0.39 is 18.5 Å². The topological polar surface area (TPSA) is 108 Å². The van der Waals surface area contributed by atoms with E-state index in [-0.39, 0.29) is 42.6 Å². The summed E-state index contributed by atoms with van der Waals surface area (Å²) in [5, 5.41) is 11.9. The van der Waals surface area contributed by atoms with E-state index in [0.717, 1.165) is 54.9 Å². The lowest BCUT2D eigenvalue weighted by molar-refractivity contribution is -0.128. The van der Waals surface area contributed by atoms with Gasteiger partial charge < -0.3 is 19.3 Å². The average Bonchev–Trinajstić information content (AvgIpc) is 3.73. The number of alkyl halides is 1. The molecule has 3 aliphatic rings. The minimum Gasteiger partial charge on any atom is -0.463 e. The summed E-state index contributed by atoms with van der Waals surface area (Å²) in [6.07, 6.45) is 6.15. The van der Waals surface area contributed by atoms with Crippen LogP contribution in [0.1, 0.15) is 24.8 Å². The van der Waals surface area contributed by atoms with Gasteiger partial charge in [-0.1, -0.05) is 36.4 Å². The second kappa shape index (κ2) is 13.8. The number of ether oxygens (including phenoxy) is 2. The number of carbonyl (C=O) groups is 1. The van der Waals surface area contributed by atoms with Gasteiger partial charge in [-0.05, 0) is 42.2 Å². The van der Waals surface area contributed by atoms with Crippen LogP contribution in [0, 0.1) is 24.1 Å². The van der Waals surface area contributed by atoms with Gasteiger partial charge in [0.15, 0.2) is 5.82 Å². The van der Waals surface area contributed by atoms with Crippen LogP contribution < -0.4 is 9.64 Å². The van der Waals surface area contributed by atoms with Crippen molar-refractivity contribution in [1.82, 2.24) is 24.8 Å². The van der Waals surface area contributed by atoms with Gasteiger partial charge in [-0.3, -0.25) is 14.7 Å². The summed E-state index contributed by atoms with van der Waals surface area (Å²) in [6.45, 7) is 5.04. The van der Waals surface area contributed by atoms with Crippen molar-refractivity contribution in [3.05, 3.63) is 66.1 Å². The van der Waals surface area contributed by atoms with Gasteiger partial charge in [0.2, 0.25) is 5.91 Å². The number of pyridine rings is 1. The Labute approximate surface area is 277 Å². The van der Waals surface area contributed by atoms with Crippen molar-refractivity contribution in [3.63, 3.8) is 0 Å². The van der Waals surface area contributed by atoms with Crippen LogP contribution in [0.2, 0.25) is 0 Å². The summed E-state index contributed by atoms with van der Waals surface area (Å²) in [4.78, 5) is 32.7. The predicted octanol–water partition coefficient (Wildman–Crippen LogP) is 4.99. The highest BCUT2D eigenvalue weighted by Gasteiger charge is 2.38. The summed E-state index contributed by atoms with van der Waals surface area (Å²) >= 11 is 0. The fourth-order valence-corrected chi connectivity index (χ4v) is 7.28. The Bertz CT molecular complexity index is 1910. The molecule has 3 atom stereocenters. The molecule has 2 bridgehead atoms. The Hall–Kier alpha value is -4.73. The van der Waals surface area contributed by atoms with E-state index in [2.05, 4.69) is 20.9 Å². The van der Waals surface area contributed by atoms with Crippen LogP contribution in [0.3, 0.4) is 0 Å². The van der Waals surface area contributed by atoms with Gasteiger partial charge in [-0.15, -0.1) is 0 Å². The zero-order valence-corrected chi connectivity index (χ0v) is 26.8. The number of aryl methyl sites for hydroxylation is 1. The molecule has 0 spiro atoms. The lowest BCUT2D eigenvalue weighted by atomic mass is 9.97. The highest BCUT2D eigenvalue weighted by molar-refractivity contribution is 6.00. The number of rotatable bonds is 10. The van der Waals surface area contributed by atoms with Gasteiger partial charge in [0.1, 0.15) is 23.7 Å². The number of anilines is 1. The average molecular weight is 654 g/mol. The van der Waals surface area contributed by atoms with E-state index in [9.17, 15) is 14.4 Å². The molecule has 0 aliphatic carbocycles. The number of morpholine rings is 1. The number of aromatic nitrogens is 3. The first-order chi connectivity index (χ1) is 23.4. The maximum atomic E-state index is 16.7. The maximum Gasteiger partial charge on any atom is 0.319 e. The van der Waals surface area contributed by atoms with Crippen molar-refractivity contribution >= 4 is 33.4 Å². The zero-order valence-electron chi connectivity index (χ0n) is 26.8. The molecule has 48 heavy (non-hydrogen) atoms. The first-order valence-electron chi connectivity index (χ1n) is 16.4. The van der Waals surface area contributed by atoms with Gasteiger partial charge in [0.25, 0.3) is 0 Å². The fourth-order valence-electron chi connectivity index (χ4n) is 7.28. The van der Waals surface area contributed by atoms with Crippen molar-refractivity contribution < 1.29 is 23.0 Å². The molecule has 3 aliphatic heterocycles. The molecular formula is C36H37F2N7O3. The highest BCUT2D eigenvalue weighted by atomic mass is 19.1. The third-order valence-electron chi connectivity index (χ3n) is 9.59. The van der Waals surface area contributed by atoms with E-state index in [4.69, 9.17) is 14.5 Å². The van der Waals surface area contributed by atoms with Crippen LogP contribution in [0.15, 0.2) is 54.7 Å². The highest BCUT2D eigenvalue weighted by Crippen LogP contribution is 2.36. The van der Waals surface area contributed by atoms with Crippen LogP contribution in [0.25, 0.3) is 32.9 Å². The van der Waals surface area contributed by atoms with Gasteiger partial charge in [-0.25, -0.2) is 8.78 Å². The lowest BCUT2D eigenvalue weighted by Gasteiger charge is -2.41. The summed E-state index contributed by atoms with van der Waals surface area (Å²) in [5.74, 6) is -0.515. The normalized spacial score (nSPS) is 21.1. The zero-order chi connectivity index (χ0) is 33.2. The molecule has 3 fully saturated rings. The molecule has 1 amide bonds. The third kappa shape index (κ3) is 6.16. The molecule has 248 valence electrons. The van der Waals surface area contributed by atoms with Crippen molar-refractivity contribution in [2.45, 2.75) is 44.4 Å². The molecule has 5 heterocycles. The second-order valence-corrected chi connectivity index (χ2v) is 12.6. The first kappa shape index (κ1) is 31.8. The maximum absolute atomic E-state index is 16.7. The number of hydrogen-bond acceptors (Lipinski definition) is 9. The van der Waals surface area contributed by atoms with Crippen LogP contribution in [0.4, 0.5) is 14.6 Å². The molecule has 12 heteroatoms.